The largest absolute Gasteiger partial charge is 0.419 e. The van der Waals surface area contributed by atoms with Crippen molar-refractivity contribution in [2.24, 2.45) is 0 Å². The van der Waals surface area contributed by atoms with E-state index >= 15 is 0 Å². The van der Waals surface area contributed by atoms with Crippen molar-refractivity contribution in [1.82, 2.24) is 15.3 Å². The van der Waals surface area contributed by atoms with Crippen LogP contribution in [0.2, 0.25) is 0 Å². The SMILES string of the molecule is FC(F)(F)c1cnc(N2CC3CCC2N3)nc1. The molecule has 2 saturated heterocycles. The fraction of sp³-hybridized carbons (Fsp3) is 0.600. The monoisotopic (exact) mass is 244 g/mol. The van der Waals surface area contributed by atoms with Crippen molar-refractivity contribution in [1.29, 1.82) is 0 Å². The molecule has 0 spiro atoms. The second-order valence-electron chi connectivity index (χ2n) is 4.38. The maximum atomic E-state index is 12.3. The Bertz CT molecular complexity index is 417. The van der Waals surface area contributed by atoms with Crippen molar-refractivity contribution in [2.45, 2.75) is 31.2 Å². The predicted molar refractivity (Wildman–Crippen MR) is 54.3 cm³/mol. The lowest BCUT2D eigenvalue weighted by Crippen LogP contribution is -2.36. The Labute approximate surface area is 95.9 Å². The lowest BCUT2D eigenvalue weighted by Gasteiger charge is -2.25. The summed E-state index contributed by atoms with van der Waals surface area (Å²) in [6.07, 6.45) is -0.406. The van der Waals surface area contributed by atoms with E-state index in [1.807, 2.05) is 4.90 Å². The van der Waals surface area contributed by atoms with Crippen LogP contribution in [0.25, 0.3) is 0 Å². The number of hydrogen-bond acceptors (Lipinski definition) is 4. The number of alkyl halides is 3. The zero-order chi connectivity index (χ0) is 12.0. The minimum absolute atomic E-state index is 0.178. The van der Waals surface area contributed by atoms with Gasteiger partial charge in [-0.3, -0.25) is 5.32 Å². The molecule has 2 unspecified atom stereocenters. The minimum atomic E-state index is -4.37. The molecule has 0 aliphatic carbocycles. The second-order valence-corrected chi connectivity index (χ2v) is 4.38. The van der Waals surface area contributed by atoms with Gasteiger partial charge in [0.1, 0.15) is 0 Å². The van der Waals surface area contributed by atoms with Gasteiger partial charge in [-0.05, 0) is 12.8 Å². The van der Waals surface area contributed by atoms with Crippen molar-refractivity contribution in [3.63, 3.8) is 0 Å². The number of hydrogen-bond donors (Lipinski definition) is 1. The molecule has 7 heteroatoms. The lowest BCUT2D eigenvalue weighted by atomic mass is 10.1. The van der Waals surface area contributed by atoms with Crippen molar-refractivity contribution in [2.75, 3.05) is 11.4 Å². The molecule has 0 aromatic carbocycles. The van der Waals surface area contributed by atoms with Gasteiger partial charge in [-0.25, -0.2) is 9.97 Å². The Hall–Kier alpha value is -1.37. The van der Waals surface area contributed by atoms with Crippen LogP contribution in [-0.4, -0.2) is 28.7 Å². The van der Waals surface area contributed by atoms with Crippen molar-refractivity contribution in [3.05, 3.63) is 18.0 Å². The van der Waals surface area contributed by atoms with E-state index in [1.54, 1.807) is 0 Å². The predicted octanol–water partition coefficient (Wildman–Crippen LogP) is 1.39. The molecule has 92 valence electrons. The molecular weight excluding hydrogens is 233 g/mol. The smallest absolute Gasteiger partial charge is 0.324 e. The summed E-state index contributed by atoms with van der Waals surface area (Å²) in [5.74, 6) is 0.373. The lowest BCUT2D eigenvalue weighted by molar-refractivity contribution is -0.138. The Morgan fingerprint density at radius 2 is 1.94 bits per heavy atom. The fourth-order valence-corrected chi connectivity index (χ4v) is 2.39. The molecule has 1 aromatic rings. The van der Waals surface area contributed by atoms with E-state index in [9.17, 15) is 13.2 Å². The van der Waals surface area contributed by atoms with Crippen LogP contribution in [-0.2, 0) is 6.18 Å². The first-order chi connectivity index (χ1) is 8.04. The molecule has 0 radical (unpaired) electrons. The maximum Gasteiger partial charge on any atom is 0.419 e. The zero-order valence-electron chi connectivity index (χ0n) is 8.91. The molecule has 3 heterocycles. The average Bonchev–Trinajstić information content (AvgIpc) is 2.89. The third kappa shape index (κ3) is 1.84. The van der Waals surface area contributed by atoms with E-state index in [1.165, 1.54) is 0 Å². The van der Waals surface area contributed by atoms with Gasteiger partial charge < -0.3 is 4.90 Å². The van der Waals surface area contributed by atoms with Crippen LogP contribution in [0.5, 0.6) is 0 Å². The Kier molecular flexibility index (Phi) is 2.25. The van der Waals surface area contributed by atoms with Crippen LogP contribution in [0.4, 0.5) is 19.1 Å². The number of piperidine rings is 1. The number of fused-ring (bicyclic) bond motifs is 2. The second kappa shape index (κ2) is 3.56. The number of aromatic nitrogens is 2. The Morgan fingerprint density at radius 3 is 2.41 bits per heavy atom. The molecule has 1 N–H and O–H groups in total. The Balaban J connectivity index is 1.81. The van der Waals surface area contributed by atoms with E-state index in [4.69, 9.17) is 0 Å². The highest BCUT2D eigenvalue weighted by Gasteiger charge is 2.39. The standard InChI is InChI=1S/C10H11F3N4/c11-10(12,13)6-3-14-9(15-4-6)17-5-7-1-2-8(17)16-7/h3-4,7-8,16H,1-2,5H2. The van der Waals surface area contributed by atoms with Crippen molar-refractivity contribution >= 4 is 5.95 Å². The average molecular weight is 244 g/mol. The number of anilines is 1. The first-order valence-corrected chi connectivity index (χ1v) is 5.46. The minimum Gasteiger partial charge on any atom is -0.324 e. The van der Waals surface area contributed by atoms with Gasteiger partial charge in [0.15, 0.2) is 0 Å². The molecule has 1 aromatic heterocycles. The van der Waals surface area contributed by atoms with Crippen molar-refractivity contribution < 1.29 is 13.2 Å². The number of halogens is 3. The van der Waals surface area contributed by atoms with E-state index in [0.29, 0.717) is 12.0 Å². The summed E-state index contributed by atoms with van der Waals surface area (Å²) in [7, 11) is 0. The van der Waals surface area contributed by atoms with E-state index in [0.717, 1.165) is 31.8 Å². The third-order valence-electron chi connectivity index (χ3n) is 3.23. The molecule has 3 rings (SSSR count). The number of rotatable bonds is 1. The normalized spacial score (nSPS) is 27.8. The first kappa shape index (κ1) is 10.8. The van der Waals surface area contributed by atoms with Crippen LogP contribution in [0, 0.1) is 0 Å². The summed E-state index contributed by atoms with van der Waals surface area (Å²) in [5.41, 5.74) is -0.807. The summed E-state index contributed by atoms with van der Waals surface area (Å²) in [6, 6.07) is 0.422. The molecule has 2 atom stereocenters. The molecule has 2 aliphatic heterocycles. The van der Waals surface area contributed by atoms with E-state index in [-0.39, 0.29) is 6.17 Å². The van der Waals surface area contributed by atoms with Crippen molar-refractivity contribution in [3.8, 4) is 0 Å². The van der Waals surface area contributed by atoms with Crippen LogP contribution in [0.15, 0.2) is 12.4 Å². The van der Waals surface area contributed by atoms with Gasteiger partial charge in [-0.1, -0.05) is 0 Å². The van der Waals surface area contributed by atoms with Gasteiger partial charge in [0.25, 0.3) is 0 Å². The van der Waals surface area contributed by atoms with Crippen LogP contribution >= 0.6 is 0 Å². The van der Waals surface area contributed by atoms with Gasteiger partial charge in [0, 0.05) is 25.0 Å². The highest BCUT2D eigenvalue weighted by molar-refractivity contribution is 5.36. The summed E-state index contributed by atoms with van der Waals surface area (Å²) in [4.78, 5) is 9.53. The van der Waals surface area contributed by atoms with Crippen LogP contribution in [0.1, 0.15) is 18.4 Å². The summed E-state index contributed by atoms with van der Waals surface area (Å²) < 4.78 is 37.0. The fourth-order valence-electron chi connectivity index (χ4n) is 2.39. The van der Waals surface area contributed by atoms with Gasteiger partial charge in [0.05, 0.1) is 11.7 Å². The topological polar surface area (TPSA) is 41.1 Å². The summed E-state index contributed by atoms with van der Waals surface area (Å²) in [6.45, 7) is 0.774. The van der Waals surface area contributed by atoms with Crippen LogP contribution in [0.3, 0.4) is 0 Å². The van der Waals surface area contributed by atoms with Gasteiger partial charge in [-0.15, -0.1) is 0 Å². The molecule has 0 amide bonds. The molecular formula is C10H11F3N4. The van der Waals surface area contributed by atoms with Crippen LogP contribution < -0.4 is 10.2 Å². The van der Waals surface area contributed by atoms with Gasteiger partial charge in [-0.2, -0.15) is 13.2 Å². The van der Waals surface area contributed by atoms with E-state index in [2.05, 4.69) is 15.3 Å². The molecule has 2 aliphatic rings. The van der Waals surface area contributed by atoms with E-state index < -0.39 is 11.7 Å². The molecule has 17 heavy (non-hydrogen) atoms. The quantitative estimate of drug-likeness (QED) is 0.810. The molecule has 0 saturated carbocycles. The molecule has 4 nitrogen and oxygen atoms in total. The maximum absolute atomic E-state index is 12.3. The van der Waals surface area contributed by atoms with Gasteiger partial charge in [0.2, 0.25) is 5.95 Å². The Morgan fingerprint density at radius 1 is 1.24 bits per heavy atom. The zero-order valence-corrected chi connectivity index (χ0v) is 8.91. The first-order valence-electron chi connectivity index (χ1n) is 5.46. The summed E-state index contributed by atoms with van der Waals surface area (Å²) in [5, 5.41) is 3.34. The highest BCUT2D eigenvalue weighted by Crippen LogP contribution is 2.30. The molecule has 2 fully saturated rings. The third-order valence-corrected chi connectivity index (χ3v) is 3.23. The molecule has 2 bridgehead atoms. The van der Waals surface area contributed by atoms with Gasteiger partial charge >= 0.3 is 6.18 Å². The summed E-state index contributed by atoms with van der Waals surface area (Å²) >= 11 is 0. The number of nitrogens with one attached hydrogen (secondary N) is 1. The number of nitrogens with zero attached hydrogens (tertiary/aromatic N) is 3. The highest BCUT2D eigenvalue weighted by atomic mass is 19.4.